The van der Waals surface area contributed by atoms with E-state index in [-0.39, 0.29) is 0 Å². The van der Waals surface area contributed by atoms with Gasteiger partial charge in [-0.05, 0) is 56.1 Å². The fourth-order valence-corrected chi connectivity index (χ4v) is 2.26. The van der Waals surface area contributed by atoms with Crippen molar-refractivity contribution >= 4 is 0 Å². The molecule has 0 atom stereocenters. The van der Waals surface area contributed by atoms with Gasteiger partial charge in [0.25, 0.3) is 0 Å². The molecule has 96 valence electrons. The first kappa shape index (κ1) is 12.8. The highest BCUT2D eigenvalue weighted by Gasteiger charge is 2.10. The molecule has 0 aliphatic heterocycles. The van der Waals surface area contributed by atoms with Crippen LogP contribution in [0.25, 0.3) is 11.3 Å². The predicted octanol–water partition coefficient (Wildman–Crippen LogP) is 2.51. The molecule has 2 rings (SSSR count). The molecule has 0 bridgehead atoms. The maximum Gasteiger partial charge on any atom is 0.0928 e. The zero-order valence-corrected chi connectivity index (χ0v) is 11.6. The van der Waals surface area contributed by atoms with E-state index < -0.39 is 0 Å². The number of hydrogen-bond acceptors (Lipinski definition) is 2. The summed E-state index contributed by atoms with van der Waals surface area (Å²) < 4.78 is 1.93. The van der Waals surface area contributed by atoms with E-state index in [9.17, 15) is 0 Å². The fraction of sp³-hybridized carbons (Fsp3) is 0.400. The lowest BCUT2D eigenvalue weighted by Crippen LogP contribution is -2.06. The number of benzene rings is 1. The van der Waals surface area contributed by atoms with Gasteiger partial charge in [0, 0.05) is 24.7 Å². The SMILES string of the molecule is Cc1cc(C)c(-c2cc(CCN)n(C)n2)cc1C. The molecule has 0 aliphatic carbocycles. The fourth-order valence-electron chi connectivity index (χ4n) is 2.26. The summed E-state index contributed by atoms with van der Waals surface area (Å²) in [6.45, 7) is 7.08. The van der Waals surface area contributed by atoms with Crippen LogP contribution in [0.5, 0.6) is 0 Å². The third-order valence-electron chi connectivity index (χ3n) is 3.49. The van der Waals surface area contributed by atoms with Crippen molar-refractivity contribution in [3.63, 3.8) is 0 Å². The lowest BCUT2D eigenvalue weighted by atomic mass is 9.98. The van der Waals surface area contributed by atoms with Crippen LogP contribution in [0.2, 0.25) is 0 Å². The highest BCUT2D eigenvalue weighted by atomic mass is 15.3. The Balaban J connectivity index is 2.48. The molecule has 0 fully saturated rings. The monoisotopic (exact) mass is 243 g/mol. The molecule has 3 nitrogen and oxygen atoms in total. The van der Waals surface area contributed by atoms with Gasteiger partial charge in [-0.25, -0.2) is 0 Å². The number of aryl methyl sites for hydroxylation is 4. The van der Waals surface area contributed by atoms with E-state index in [2.05, 4.69) is 44.1 Å². The van der Waals surface area contributed by atoms with Gasteiger partial charge in [0.2, 0.25) is 0 Å². The van der Waals surface area contributed by atoms with E-state index in [1.54, 1.807) is 0 Å². The molecule has 3 heteroatoms. The van der Waals surface area contributed by atoms with Crippen LogP contribution in [0.15, 0.2) is 18.2 Å². The van der Waals surface area contributed by atoms with Crippen LogP contribution in [0, 0.1) is 20.8 Å². The Labute approximate surface area is 109 Å². The van der Waals surface area contributed by atoms with E-state index in [4.69, 9.17) is 5.73 Å². The van der Waals surface area contributed by atoms with Gasteiger partial charge in [-0.1, -0.05) is 6.07 Å². The van der Waals surface area contributed by atoms with Crippen molar-refractivity contribution in [3.05, 3.63) is 40.6 Å². The van der Waals surface area contributed by atoms with E-state index in [0.29, 0.717) is 6.54 Å². The Morgan fingerprint density at radius 3 is 2.39 bits per heavy atom. The summed E-state index contributed by atoms with van der Waals surface area (Å²) >= 11 is 0. The van der Waals surface area contributed by atoms with Gasteiger partial charge < -0.3 is 5.73 Å². The average molecular weight is 243 g/mol. The Bertz CT molecular complexity index is 567. The smallest absolute Gasteiger partial charge is 0.0928 e. The Morgan fingerprint density at radius 2 is 1.72 bits per heavy atom. The van der Waals surface area contributed by atoms with Crippen molar-refractivity contribution in [1.82, 2.24) is 9.78 Å². The minimum atomic E-state index is 0.658. The Kier molecular flexibility index (Phi) is 3.53. The molecule has 0 amide bonds. The first-order valence-electron chi connectivity index (χ1n) is 6.34. The molecule has 0 radical (unpaired) electrons. The molecule has 1 aromatic carbocycles. The van der Waals surface area contributed by atoms with E-state index in [1.165, 1.54) is 27.9 Å². The van der Waals surface area contributed by atoms with Crippen LogP contribution in [0.3, 0.4) is 0 Å². The van der Waals surface area contributed by atoms with Gasteiger partial charge in [-0.2, -0.15) is 5.10 Å². The molecule has 18 heavy (non-hydrogen) atoms. The quantitative estimate of drug-likeness (QED) is 0.900. The van der Waals surface area contributed by atoms with Gasteiger partial charge in [-0.3, -0.25) is 4.68 Å². The van der Waals surface area contributed by atoms with Gasteiger partial charge in [0.1, 0.15) is 0 Å². The molecule has 1 aromatic heterocycles. The van der Waals surface area contributed by atoms with Gasteiger partial charge >= 0.3 is 0 Å². The van der Waals surface area contributed by atoms with Crippen LogP contribution >= 0.6 is 0 Å². The van der Waals surface area contributed by atoms with Crippen LogP contribution < -0.4 is 5.73 Å². The van der Waals surface area contributed by atoms with Crippen LogP contribution in [0.4, 0.5) is 0 Å². The molecule has 2 aromatic rings. The van der Waals surface area contributed by atoms with Crippen molar-refractivity contribution in [2.45, 2.75) is 27.2 Å². The van der Waals surface area contributed by atoms with Crippen molar-refractivity contribution in [2.75, 3.05) is 6.54 Å². The largest absolute Gasteiger partial charge is 0.330 e. The number of nitrogens with zero attached hydrogens (tertiary/aromatic N) is 2. The molecule has 0 aliphatic rings. The zero-order valence-electron chi connectivity index (χ0n) is 11.6. The second kappa shape index (κ2) is 4.94. The van der Waals surface area contributed by atoms with E-state index in [0.717, 1.165) is 12.1 Å². The normalized spacial score (nSPS) is 10.9. The summed E-state index contributed by atoms with van der Waals surface area (Å²) in [5.41, 5.74) is 13.0. The van der Waals surface area contributed by atoms with E-state index >= 15 is 0 Å². The zero-order chi connectivity index (χ0) is 13.3. The topological polar surface area (TPSA) is 43.8 Å². The first-order valence-corrected chi connectivity index (χ1v) is 6.34. The lowest BCUT2D eigenvalue weighted by Gasteiger charge is -2.07. The summed E-state index contributed by atoms with van der Waals surface area (Å²) in [5.74, 6) is 0. The third kappa shape index (κ3) is 2.31. The summed E-state index contributed by atoms with van der Waals surface area (Å²) in [5, 5.41) is 4.59. The summed E-state index contributed by atoms with van der Waals surface area (Å²) in [6, 6.07) is 6.59. The molecule has 0 saturated heterocycles. The minimum absolute atomic E-state index is 0.658. The molecule has 0 spiro atoms. The van der Waals surface area contributed by atoms with Gasteiger partial charge in [-0.15, -0.1) is 0 Å². The summed E-state index contributed by atoms with van der Waals surface area (Å²) in [7, 11) is 1.98. The molecule has 0 saturated carbocycles. The molecule has 0 unspecified atom stereocenters. The second-order valence-corrected chi connectivity index (χ2v) is 4.93. The van der Waals surface area contributed by atoms with Crippen LogP contribution in [-0.2, 0) is 13.5 Å². The third-order valence-corrected chi connectivity index (χ3v) is 3.49. The number of hydrogen-bond donors (Lipinski definition) is 1. The predicted molar refractivity (Wildman–Crippen MR) is 75.6 cm³/mol. The highest BCUT2D eigenvalue weighted by Crippen LogP contribution is 2.26. The van der Waals surface area contributed by atoms with Gasteiger partial charge in [0.05, 0.1) is 5.69 Å². The summed E-state index contributed by atoms with van der Waals surface area (Å²) in [4.78, 5) is 0. The number of aromatic nitrogens is 2. The molecular formula is C15H21N3. The summed E-state index contributed by atoms with van der Waals surface area (Å²) in [6.07, 6.45) is 0.868. The number of rotatable bonds is 3. The minimum Gasteiger partial charge on any atom is -0.330 e. The maximum atomic E-state index is 5.61. The Morgan fingerprint density at radius 1 is 1.06 bits per heavy atom. The lowest BCUT2D eigenvalue weighted by molar-refractivity contribution is 0.708. The van der Waals surface area contributed by atoms with Crippen LogP contribution in [-0.4, -0.2) is 16.3 Å². The second-order valence-electron chi connectivity index (χ2n) is 4.93. The van der Waals surface area contributed by atoms with Crippen molar-refractivity contribution in [1.29, 1.82) is 0 Å². The van der Waals surface area contributed by atoms with Crippen molar-refractivity contribution < 1.29 is 0 Å². The molecular weight excluding hydrogens is 222 g/mol. The van der Waals surface area contributed by atoms with E-state index in [1.807, 2.05) is 11.7 Å². The Hall–Kier alpha value is -1.61. The standard InChI is InChI=1S/C15H21N3/c1-10-7-12(3)14(8-11(10)2)15-9-13(5-6-16)18(4)17-15/h7-9H,5-6,16H2,1-4H3. The highest BCUT2D eigenvalue weighted by molar-refractivity contribution is 5.65. The van der Waals surface area contributed by atoms with Crippen molar-refractivity contribution in [3.8, 4) is 11.3 Å². The number of nitrogens with two attached hydrogens (primary N) is 1. The molecule has 2 N–H and O–H groups in total. The molecule has 1 heterocycles. The first-order chi connectivity index (χ1) is 8.52. The average Bonchev–Trinajstić information content (AvgIpc) is 2.66. The van der Waals surface area contributed by atoms with Gasteiger partial charge in [0.15, 0.2) is 0 Å². The van der Waals surface area contributed by atoms with Crippen molar-refractivity contribution in [2.24, 2.45) is 12.8 Å². The van der Waals surface area contributed by atoms with Crippen LogP contribution in [0.1, 0.15) is 22.4 Å². The maximum absolute atomic E-state index is 5.61.